The molecule has 0 radical (unpaired) electrons. The van der Waals surface area contributed by atoms with Crippen LogP contribution < -0.4 is 0 Å². The highest BCUT2D eigenvalue weighted by molar-refractivity contribution is 7.15. The highest BCUT2D eigenvalue weighted by Gasteiger charge is 2.12. The van der Waals surface area contributed by atoms with Gasteiger partial charge in [-0.25, -0.2) is 13.8 Å². The Hall–Kier alpha value is -2.07. The van der Waals surface area contributed by atoms with Crippen LogP contribution in [-0.2, 0) is 0 Å². The summed E-state index contributed by atoms with van der Waals surface area (Å²) in [5.74, 6) is -1.69. The average molecular weight is 287 g/mol. The zero-order chi connectivity index (χ0) is 14.1. The fraction of sp³-hybridized carbons (Fsp3) is 0.0625. The molecule has 20 heavy (non-hydrogen) atoms. The molecule has 100 valence electrons. The lowest BCUT2D eigenvalue weighted by atomic mass is 10.1. The summed E-state index contributed by atoms with van der Waals surface area (Å²) in [6.45, 7) is 1.98. The first-order valence-electron chi connectivity index (χ1n) is 6.13. The highest BCUT2D eigenvalue weighted by Crippen LogP contribution is 2.33. The number of aryl methyl sites for hydroxylation is 1. The molecule has 0 amide bonds. The molecule has 0 aliphatic carbocycles. The van der Waals surface area contributed by atoms with Crippen molar-refractivity contribution < 1.29 is 8.78 Å². The van der Waals surface area contributed by atoms with Crippen molar-refractivity contribution in [1.29, 1.82) is 0 Å². The van der Waals surface area contributed by atoms with Crippen molar-refractivity contribution in [2.45, 2.75) is 6.92 Å². The van der Waals surface area contributed by atoms with E-state index >= 15 is 0 Å². The van der Waals surface area contributed by atoms with Gasteiger partial charge in [0.1, 0.15) is 5.01 Å². The van der Waals surface area contributed by atoms with E-state index in [1.807, 2.05) is 37.3 Å². The van der Waals surface area contributed by atoms with Crippen molar-refractivity contribution in [1.82, 2.24) is 4.98 Å². The van der Waals surface area contributed by atoms with Crippen LogP contribution in [0.4, 0.5) is 8.78 Å². The number of rotatable bonds is 2. The van der Waals surface area contributed by atoms with Gasteiger partial charge in [-0.3, -0.25) is 0 Å². The van der Waals surface area contributed by atoms with Gasteiger partial charge in [-0.05, 0) is 25.1 Å². The van der Waals surface area contributed by atoms with Gasteiger partial charge in [-0.1, -0.05) is 30.3 Å². The first kappa shape index (κ1) is 12.9. The Balaban J connectivity index is 2.06. The molecule has 4 heteroatoms. The van der Waals surface area contributed by atoms with E-state index in [1.165, 1.54) is 17.4 Å². The lowest BCUT2D eigenvalue weighted by Gasteiger charge is -1.98. The van der Waals surface area contributed by atoms with Crippen molar-refractivity contribution >= 4 is 11.3 Å². The van der Waals surface area contributed by atoms with Gasteiger partial charge in [0.25, 0.3) is 0 Å². The largest absolute Gasteiger partial charge is 0.236 e. The van der Waals surface area contributed by atoms with E-state index in [-0.39, 0.29) is 0 Å². The molecule has 0 spiro atoms. The minimum atomic E-state index is -0.850. The molecule has 1 aromatic heterocycles. The summed E-state index contributed by atoms with van der Waals surface area (Å²) in [5, 5.41) is 0.695. The highest BCUT2D eigenvalue weighted by atomic mass is 32.1. The lowest BCUT2D eigenvalue weighted by Crippen LogP contribution is -1.85. The first-order valence-corrected chi connectivity index (χ1v) is 6.95. The normalized spacial score (nSPS) is 10.8. The number of thiazole rings is 1. The minimum absolute atomic E-state index is 0.596. The number of aromatic nitrogens is 1. The third-order valence-electron chi connectivity index (χ3n) is 3.01. The zero-order valence-electron chi connectivity index (χ0n) is 10.7. The summed E-state index contributed by atoms with van der Waals surface area (Å²) in [6, 6.07) is 13.7. The molecule has 0 N–H and O–H groups in total. The molecule has 0 bridgehead atoms. The van der Waals surface area contributed by atoms with Crippen molar-refractivity contribution in [3.8, 4) is 21.8 Å². The molecular formula is C16H11F2NS. The Labute approximate surface area is 119 Å². The summed E-state index contributed by atoms with van der Waals surface area (Å²) >= 11 is 1.48. The Morgan fingerprint density at radius 2 is 1.65 bits per heavy atom. The third-order valence-corrected chi connectivity index (χ3v) is 4.03. The molecule has 0 aliphatic heterocycles. The molecule has 3 aromatic rings. The summed E-state index contributed by atoms with van der Waals surface area (Å²) in [4.78, 5) is 5.60. The molecule has 3 rings (SSSR count). The van der Waals surface area contributed by atoms with Crippen LogP contribution in [-0.4, -0.2) is 4.98 Å². The molecule has 2 aromatic carbocycles. The molecule has 1 heterocycles. The predicted octanol–water partition coefficient (Wildman–Crippen LogP) is 5.06. The van der Waals surface area contributed by atoms with Crippen LogP contribution in [0.3, 0.4) is 0 Å². The maximum absolute atomic E-state index is 13.3. The molecule has 0 saturated heterocycles. The van der Waals surface area contributed by atoms with Crippen LogP contribution in [0.1, 0.15) is 4.88 Å². The van der Waals surface area contributed by atoms with E-state index in [2.05, 4.69) is 4.98 Å². The smallest absolute Gasteiger partial charge is 0.159 e. The molecule has 0 unspecified atom stereocenters. The Bertz CT molecular complexity index is 750. The van der Waals surface area contributed by atoms with E-state index in [9.17, 15) is 8.78 Å². The number of hydrogen-bond acceptors (Lipinski definition) is 2. The van der Waals surface area contributed by atoms with Gasteiger partial charge in [0.05, 0.1) is 5.69 Å². The van der Waals surface area contributed by atoms with Crippen LogP contribution in [0.15, 0.2) is 48.5 Å². The molecule has 0 aliphatic rings. The SMILES string of the molecule is Cc1sc(-c2ccc(F)c(F)c2)nc1-c1ccccc1. The first-order chi connectivity index (χ1) is 9.65. The fourth-order valence-electron chi connectivity index (χ4n) is 2.01. The molecule has 0 fully saturated rings. The molecular weight excluding hydrogens is 276 g/mol. The zero-order valence-corrected chi connectivity index (χ0v) is 11.5. The number of benzene rings is 2. The summed E-state index contributed by atoms with van der Waals surface area (Å²) < 4.78 is 26.3. The Morgan fingerprint density at radius 3 is 2.35 bits per heavy atom. The quantitative estimate of drug-likeness (QED) is 0.641. The van der Waals surface area contributed by atoms with Gasteiger partial charge in [-0.15, -0.1) is 11.3 Å². The van der Waals surface area contributed by atoms with Crippen molar-refractivity contribution in [2.75, 3.05) is 0 Å². The van der Waals surface area contributed by atoms with E-state index in [0.29, 0.717) is 10.6 Å². The van der Waals surface area contributed by atoms with Crippen molar-refractivity contribution in [3.05, 3.63) is 65.0 Å². The van der Waals surface area contributed by atoms with E-state index < -0.39 is 11.6 Å². The third kappa shape index (κ3) is 2.34. The lowest BCUT2D eigenvalue weighted by molar-refractivity contribution is 0.509. The van der Waals surface area contributed by atoms with Crippen LogP contribution in [0.2, 0.25) is 0 Å². The van der Waals surface area contributed by atoms with Gasteiger partial charge in [-0.2, -0.15) is 0 Å². The van der Waals surface area contributed by atoms with E-state index in [4.69, 9.17) is 0 Å². The monoisotopic (exact) mass is 287 g/mol. The van der Waals surface area contributed by atoms with Crippen molar-refractivity contribution in [3.63, 3.8) is 0 Å². The van der Waals surface area contributed by atoms with Crippen LogP contribution in [0, 0.1) is 18.6 Å². The van der Waals surface area contributed by atoms with E-state index in [0.717, 1.165) is 22.2 Å². The van der Waals surface area contributed by atoms with Crippen LogP contribution in [0.5, 0.6) is 0 Å². The Morgan fingerprint density at radius 1 is 0.900 bits per heavy atom. The standard InChI is InChI=1S/C16H11F2NS/c1-10-15(11-5-3-2-4-6-11)19-16(20-10)12-7-8-13(17)14(18)9-12/h2-9H,1H3. The Kier molecular flexibility index (Phi) is 3.32. The molecule has 0 saturated carbocycles. The van der Waals surface area contributed by atoms with E-state index in [1.54, 1.807) is 6.07 Å². The fourth-order valence-corrected chi connectivity index (χ4v) is 2.94. The topological polar surface area (TPSA) is 12.9 Å². The second kappa shape index (κ2) is 5.13. The maximum atomic E-state index is 13.3. The number of halogens is 2. The van der Waals surface area contributed by atoms with Gasteiger partial charge in [0.2, 0.25) is 0 Å². The molecule has 1 nitrogen and oxygen atoms in total. The average Bonchev–Trinajstić information content (AvgIpc) is 2.85. The van der Waals surface area contributed by atoms with Gasteiger partial charge in [0, 0.05) is 16.0 Å². The number of nitrogens with zero attached hydrogens (tertiary/aromatic N) is 1. The molecule has 0 atom stereocenters. The minimum Gasteiger partial charge on any atom is -0.236 e. The second-order valence-electron chi connectivity index (χ2n) is 4.42. The predicted molar refractivity (Wildman–Crippen MR) is 77.6 cm³/mol. The summed E-state index contributed by atoms with van der Waals surface area (Å²) in [7, 11) is 0. The van der Waals surface area contributed by atoms with Gasteiger partial charge in [0.15, 0.2) is 11.6 Å². The van der Waals surface area contributed by atoms with Gasteiger partial charge >= 0.3 is 0 Å². The number of hydrogen-bond donors (Lipinski definition) is 0. The summed E-state index contributed by atoms with van der Waals surface area (Å²) in [5.41, 5.74) is 2.50. The summed E-state index contributed by atoms with van der Waals surface area (Å²) in [6.07, 6.45) is 0. The van der Waals surface area contributed by atoms with Crippen LogP contribution >= 0.6 is 11.3 Å². The second-order valence-corrected chi connectivity index (χ2v) is 5.62. The van der Waals surface area contributed by atoms with Gasteiger partial charge < -0.3 is 0 Å². The van der Waals surface area contributed by atoms with Crippen LogP contribution in [0.25, 0.3) is 21.8 Å². The maximum Gasteiger partial charge on any atom is 0.159 e. The van der Waals surface area contributed by atoms with Crippen molar-refractivity contribution in [2.24, 2.45) is 0 Å².